The third-order valence-electron chi connectivity index (χ3n) is 4.20. The van der Waals surface area contributed by atoms with Crippen molar-refractivity contribution in [3.63, 3.8) is 0 Å². The average molecular weight is 349 g/mol. The van der Waals surface area contributed by atoms with Crippen LogP contribution in [0.25, 0.3) is 5.57 Å². The molecule has 0 bridgehead atoms. The van der Waals surface area contributed by atoms with Crippen LogP contribution in [-0.4, -0.2) is 32.9 Å². The Labute approximate surface area is 141 Å². The van der Waals surface area contributed by atoms with Crippen molar-refractivity contribution in [3.05, 3.63) is 59.7 Å². The third kappa shape index (κ3) is 3.94. The summed E-state index contributed by atoms with van der Waals surface area (Å²) in [6.45, 7) is 1.45. The summed E-state index contributed by atoms with van der Waals surface area (Å²) in [5.74, 6) is -0.0367. The van der Waals surface area contributed by atoms with Gasteiger partial charge < -0.3 is 9.72 Å². The summed E-state index contributed by atoms with van der Waals surface area (Å²) in [6, 6.07) is 9.78. The SMILES string of the molecule is CS(=O)(=O)c1ccc(/C(=C\C2CCOCC2)c2ccc(F)[nH]2)cc1. The Bertz CT molecular complexity index is 831. The van der Waals surface area contributed by atoms with Crippen LogP contribution in [0.4, 0.5) is 4.39 Å². The van der Waals surface area contributed by atoms with Crippen molar-refractivity contribution in [1.82, 2.24) is 4.98 Å². The molecule has 4 nitrogen and oxygen atoms in total. The molecule has 0 saturated carbocycles. The Morgan fingerprint density at radius 2 is 1.83 bits per heavy atom. The molecule has 0 aliphatic carbocycles. The quantitative estimate of drug-likeness (QED) is 0.920. The van der Waals surface area contributed by atoms with E-state index in [1.165, 1.54) is 12.3 Å². The van der Waals surface area contributed by atoms with Crippen LogP contribution < -0.4 is 0 Å². The highest BCUT2D eigenvalue weighted by Crippen LogP contribution is 2.28. The maximum Gasteiger partial charge on any atom is 0.191 e. The first-order valence-corrected chi connectivity index (χ1v) is 9.77. The largest absolute Gasteiger partial charge is 0.381 e. The van der Waals surface area contributed by atoms with Gasteiger partial charge in [-0.05, 0) is 48.6 Å². The molecule has 0 radical (unpaired) electrons. The Balaban J connectivity index is 1.99. The van der Waals surface area contributed by atoms with E-state index >= 15 is 0 Å². The van der Waals surface area contributed by atoms with Gasteiger partial charge in [0.2, 0.25) is 0 Å². The number of halogens is 1. The van der Waals surface area contributed by atoms with Crippen molar-refractivity contribution < 1.29 is 17.5 Å². The number of sulfone groups is 1. The molecule has 128 valence electrons. The number of aromatic nitrogens is 1. The first kappa shape index (κ1) is 16.9. The molecule has 0 atom stereocenters. The fourth-order valence-corrected chi connectivity index (χ4v) is 3.50. The van der Waals surface area contributed by atoms with E-state index in [2.05, 4.69) is 11.1 Å². The minimum atomic E-state index is -3.24. The number of allylic oxidation sites excluding steroid dienone is 1. The topological polar surface area (TPSA) is 59.2 Å². The lowest BCUT2D eigenvalue weighted by Crippen LogP contribution is -2.14. The molecule has 1 aromatic carbocycles. The number of aromatic amines is 1. The Hall–Kier alpha value is -1.92. The zero-order chi connectivity index (χ0) is 17.2. The van der Waals surface area contributed by atoms with Gasteiger partial charge in [-0.2, -0.15) is 4.39 Å². The van der Waals surface area contributed by atoms with Gasteiger partial charge in [0.25, 0.3) is 0 Å². The van der Waals surface area contributed by atoms with Gasteiger partial charge in [-0.25, -0.2) is 8.42 Å². The smallest absolute Gasteiger partial charge is 0.191 e. The predicted octanol–water partition coefficient (Wildman–Crippen LogP) is 3.42. The molecule has 3 rings (SSSR count). The lowest BCUT2D eigenvalue weighted by atomic mass is 9.93. The van der Waals surface area contributed by atoms with Crippen molar-refractivity contribution in [2.75, 3.05) is 19.5 Å². The lowest BCUT2D eigenvalue weighted by Gasteiger charge is -2.20. The maximum atomic E-state index is 13.4. The van der Waals surface area contributed by atoms with Crippen LogP contribution in [0.5, 0.6) is 0 Å². The second kappa shape index (κ2) is 6.91. The third-order valence-corrected chi connectivity index (χ3v) is 5.33. The van der Waals surface area contributed by atoms with Crippen LogP contribution in [-0.2, 0) is 14.6 Å². The monoisotopic (exact) mass is 349 g/mol. The number of benzene rings is 1. The van der Waals surface area contributed by atoms with Crippen molar-refractivity contribution in [2.24, 2.45) is 5.92 Å². The molecule has 1 aliphatic heterocycles. The second-order valence-electron chi connectivity index (χ2n) is 6.05. The van der Waals surface area contributed by atoms with E-state index in [-0.39, 0.29) is 4.90 Å². The van der Waals surface area contributed by atoms with E-state index in [4.69, 9.17) is 4.74 Å². The fraction of sp³-hybridized carbons (Fsp3) is 0.333. The molecule has 1 N–H and O–H groups in total. The molecule has 0 amide bonds. The van der Waals surface area contributed by atoms with E-state index in [0.29, 0.717) is 11.6 Å². The van der Waals surface area contributed by atoms with Crippen LogP contribution in [0.15, 0.2) is 47.4 Å². The van der Waals surface area contributed by atoms with Crippen molar-refractivity contribution in [3.8, 4) is 0 Å². The Morgan fingerprint density at radius 1 is 1.17 bits per heavy atom. The van der Waals surface area contributed by atoms with Gasteiger partial charge in [0, 0.05) is 30.7 Å². The molecule has 1 aromatic heterocycles. The van der Waals surface area contributed by atoms with E-state index < -0.39 is 15.8 Å². The Kier molecular flexibility index (Phi) is 4.87. The minimum absolute atomic E-state index is 0.273. The molecule has 0 spiro atoms. The van der Waals surface area contributed by atoms with Gasteiger partial charge in [-0.15, -0.1) is 0 Å². The van der Waals surface area contributed by atoms with Crippen LogP contribution >= 0.6 is 0 Å². The van der Waals surface area contributed by atoms with Gasteiger partial charge in [-0.1, -0.05) is 18.2 Å². The fourth-order valence-electron chi connectivity index (χ4n) is 2.87. The van der Waals surface area contributed by atoms with Gasteiger partial charge in [0.1, 0.15) is 0 Å². The van der Waals surface area contributed by atoms with Crippen molar-refractivity contribution in [1.29, 1.82) is 0 Å². The van der Waals surface area contributed by atoms with Gasteiger partial charge >= 0.3 is 0 Å². The van der Waals surface area contributed by atoms with Crippen molar-refractivity contribution in [2.45, 2.75) is 17.7 Å². The normalized spacial score (nSPS) is 17.2. The highest BCUT2D eigenvalue weighted by molar-refractivity contribution is 7.90. The van der Waals surface area contributed by atoms with Gasteiger partial charge in [-0.3, -0.25) is 0 Å². The lowest BCUT2D eigenvalue weighted by molar-refractivity contribution is 0.0786. The summed E-state index contributed by atoms with van der Waals surface area (Å²) in [6.07, 6.45) is 5.16. The maximum absolute atomic E-state index is 13.4. The standard InChI is InChI=1S/C18H20FNO3S/c1-24(21,22)15-4-2-14(3-5-15)16(17-6-7-18(19)20-17)12-13-8-10-23-11-9-13/h2-7,12-13,20H,8-11H2,1H3/b16-12+. The predicted molar refractivity (Wildman–Crippen MR) is 90.9 cm³/mol. The zero-order valence-corrected chi connectivity index (χ0v) is 14.3. The number of ether oxygens (including phenoxy) is 1. The molecular weight excluding hydrogens is 329 g/mol. The number of hydrogen-bond donors (Lipinski definition) is 1. The summed E-state index contributed by atoms with van der Waals surface area (Å²) in [5, 5.41) is 0. The van der Waals surface area contributed by atoms with Crippen LogP contribution in [0.2, 0.25) is 0 Å². The molecule has 2 aromatic rings. The number of H-pyrrole nitrogens is 1. The summed E-state index contributed by atoms with van der Waals surface area (Å²) >= 11 is 0. The first-order valence-electron chi connectivity index (χ1n) is 7.88. The summed E-state index contributed by atoms with van der Waals surface area (Å²) in [7, 11) is -3.24. The van der Waals surface area contributed by atoms with Gasteiger partial charge in [0.05, 0.1) is 4.90 Å². The molecule has 1 aliphatic rings. The van der Waals surface area contributed by atoms with Crippen LogP contribution in [0.3, 0.4) is 0 Å². The Morgan fingerprint density at radius 3 is 2.38 bits per heavy atom. The zero-order valence-electron chi connectivity index (χ0n) is 13.5. The summed E-state index contributed by atoms with van der Waals surface area (Å²) in [4.78, 5) is 3.00. The second-order valence-corrected chi connectivity index (χ2v) is 8.06. The van der Waals surface area contributed by atoms with E-state index in [1.807, 2.05) is 0 Å². The summed E-state index contributed by atoms with van der Waals surface area (Å²) < 4.78 is 42.0. The molecule has 6 heteroatoms. The number of nitrogens with one attached hydrogen (secondary N) is 1. The van der Waals surface area contributed by atoms with Crippen LogP contribution in [0.1, 0.15) is 24.1 Å². The van der Waals surface area contributed by atoms with Crippen LogP contribution in [0, 0.1) is 11.9 Å². The van der Waals surface area contributed by atoms with Crippen molar-refractivity contribution >= 4 is 15.4 Å². The molecule has 0 unspecified atom stereocenters. The number of hydrogen-bond acceptors (Lipinski definition) is 3. The van der Waals surface area contributed by atoms with E-state index in [1.54, 1.807) is 30.3 Å². The van der Waals surface area contributed by atoms with Gasteiger partial charge in [0.15, 0.2) is 15.8 Å². The molecule has 24 heavy (non-hydrogen) atoms. The minimum Gasteiger partial charge on any atom is -0.381 e. The molecular formula is C18H20FNO3S. The molecule has 2 heterocycles. The van der Waals surface area contributed by atoms with E-state index in [9.17, 15) is 12.8 Å². The highest BCUT2D eigenvalue weighted by atomic mass is 32.2. The molecule has 1 fully saturated rings. The first-order chi connectivity index (χ1) is 11.4. The number of rotatable bonds is 4. The summed E-state index contributed by atoms with van der Waals surface area (Å²) in [5.41, 5.74) is 2.42. The highest BCUT2D eigenvalue weighted by Gasteiger charge is 2.16. The average Bonchev–Trinajstić information content (AvgIpc) is 2.99. The van der Waals surface area contributed by atoms with E-state index in [0.717, 1.165) is 37.2 Å². The molecule has 1 saturated heterocycles.